The Morgan fingerprint density at radius 2 is 1.60 bits per heavy atom. The fourth-order valence-electron chi connectivity index (χ4n) is 13.2. The molecule has 11 atom stereocenters. The molecule has 4 fully saturated rings. The smallest absolute Gasteiger partial charge is 0.303 e. The maximum absolute atomic E-state index is 14.9. The van der Waals surface area contributed by atoms with E-state index in [-0.39, 0.29) is 45.4 Å². The number of allylic oxidation sites excluding steroid dienone is 2. The summed E-state index contributed by atoms with van der Waals surface area (Å²) in [7, 11) is 0. The van der Waals surface area contributed by atoms with Gasteiger partial charge in [0.2, 0.25) is 5.91 Å². The highest BCUT2D eigenvalue weighted by Crippen LogP contribution is 2.76. The summed E-state index contributed by atoms with van der Waals surface area (Å²) in [5.41, 5.74) is 2.23. The lowest BCUT2D eigenvalue weighted by Gasteiger charge is -2.71. The second-order valence-corrected chi connectivity index (χ2v) is 18.3. The molecule has 50 heavy (non-hydrogen) atoms. The van der Waals surface area contributed by atoms with Crippen molar-refractivity contribution in [2.45, 2.75) is 126 Å². The minimum atomic E-state index is -0.487. The van der Waals surface area contributed by atoms with E-state index in [1.165, 1.54) is 19.4 Å². The van der Waals surface area contributed by atoms with Gasteiger partial charge in [-0.2, -0.15) is 0 Å². The predicted molar refractivity (Wildman–Crippen MR) is 196 cm³/mol. The molecule has 270 valence electrons. The molecular formula is C43H58N2O5. The highest BCUT2D eigenvalue weighted by molar-refractivity contribution is 6.03. The largest absolute Gasteiger partial charge is 0.459 e. The lowest BCUT2D eigenvalue weighted by atomic mass is 9.33. The number of benzene rings is 1. The van der Waals surface area contributed by atoms with Crippen LogP contribution in [0.15, 0.2) is 48.2 Å². The molecule has 1 N–H and O–H groups in total. The topological polar surface area (TPSA) is 94.6 Å². The molecule has 0 radical (unpaired) electrons. The number of carbonyl (C=O) groups excluding carboxylic acids is 3. The average molecular weight is 683 g/mol. The van der Waals surface area contributed by atoms with Crippen LogP contribution in [-0.4, -0.2) is 35.0 Å². The van der Waals surface area contributed by atoms with Crippen molar-refractivity contribution in [1.29, 1.82) is 0 Å². The molecule has 0 aliphatic heterocycles. The fourth-order valence-corrected chi connectivity index (χ4v) is 13.2. The lowest BCUT2D eigenvalue weighted by Crippen LogP contribution is -2.68. The third kappa shape index (κ3) is 4.94. The molecule has 0 unspecified atom stereocenters. The van der Waals surface area contributed by atoms with Gasteiger partial charge in [0.05, 0.1) is 16.6 Å². The molecule has 1 aromatic carbocycles. The number of nitrogens with zero attached hydrogens (tertiary/aromatic N) is 1. The Kier molecular flexibility index (Phi) is 8.39. The van der Waals surface area contributed by atoms with Gasteiger partial charge >= 0.3 is 11.9 Å². The lowest BCUT2D eigenvalue weighted by molar-refractivity contribution is -0.244. The van der Waals surface area contributed by atoms with Crippen molar-refractivity contribution in [2.75, 3.05) is 5.32 Å². The first-order chi connectivity index (χ1) is 23.5. The minimum Gasteiger partial charge on any atom is -0.459 e. The summed E-state index contributed by atoms with van der Waals surface area (Å²) in [6.45, 7) is 19.7. The first-order valence-corrected chi connectivity index (χ1v) is 19.2. The van der Waals surface area contributed by atoms with Crippen LogP contribution in [0.2, 0.25) is 0 Å². The SMILES string of the molecule is CC(=O)O[C@H]1C[C@]2(C)[C@H]3CC=C4[C@@H]5[C@@H](C)[C@H](C)CC[C@]5(C(=O)Nc5cccc6ncccc56)CC[C@@]4(C)[C@]3(C)CC[C@H]2C(C)(C)[C@H]1OC(C)=O. The van der Waals surface area contributed by atoms with Gasteiger partial charge in [0, 0.05) is 30.8 Å². The summed E-state index contributed by atoms with van der Waals surface area (Å²) in [5.74, 6) is 1.26. The number of anilines is 1. The van der Waals surface area contributed by atoms with E-state index in [4.69, 9.17) is 9.47 Å². The fraction of sp³-hybridized carbons (Fsp3) is 0.674. The summed E-state index contributed by atoms with van der Waals surface area (Å²) >= 11 is 0. The van der Waals surface area contributed by atoms with Crippen LogP contribution in [0.4, 0.5) is 5.69 Å². The van der Waals surface area contributed by atoms with Gasteiger partial charge in [-0.15, -0.1) is 0 Å². The Hall–Kier alpha value is -3.22. The maximum atomic E-state index is 14.9. The maximum Gasteiger partial charge on any atom is 0.303 e. The number of hydrogen-bond donors (Lipinski definition) is 1. The summed E-state index contributed by atoms with van der Waals surface area (Å²) in [6, 6.07) is 9.98. The van der Waals surface area contributed by atoms with E-state index in [0.717, 1.165) is 61.5 Å². The van der Waals surface area contributed by atoms with Crippen LogP contribution in [0.3, 0.4) is 0 Å². The molecule has 1 aromatic heterocycles. The third-order valence-electron chi connectivity index (χ3n) is 15.8. The number of aromatic nitrogens is 1. The van der Waals surface area contributed by atoms with Gasteiger partial charge in [0.1, 0.15) is 12.2 Å². The van der Waals surface area contributed by atoms with Gasteiger partial charge in [-0.05, 0) is 121 Å². The Morgan fingerprint density at radius 1 is 0.860 bits per heavy atom. The molecular weight excluding hydrogens is 624 g/mol. The normalized spacial score (nSPS) is 41.7. The van der Waals surface area contributed by atoms with E-state index in [2.05, 4.69) is 64.8 Å². The Balaban J connectivity index is 1.28. The van der Waals surface area contributed by atoms with Gasteiger partial charge in [0.15, 0.2) is 0 Å². The van der Waals surface area contributed by atoms with E-state index in [0.29, 0.717) is 30.1 Å². The van der Waals surface area contributed by atoms with Crippen molar-refractivity contribution in [3.05, 3.63) is 48.2 Å². The Morgan fingerprint density at radius 3 is 2.32 bits per heavy atom. The third-order valence-corrected chi connectivity index (χ3v) is 15.8. The molecule has 4 saturated carbocycles. The summed E-state index contributed by atoms with van der Waals surface area (Å²) in [5, 5.41) is 4.44. The van der Waals surface area contributed by atoms with Crippen LogP contribution in [0, 0.1) is 56.7 Å². The van der Waals surface area contributed by atoms with Crippen LogP contribution >= 0.6 is 0 Å². The number of nitrogens with one attached hydrogen (secondary N) is 1. The number of carbonyl (C=O) groups is 3. The van der Waals surface area contributed by atoms with E-state index >= 15 is 0 Å². The number of amides is 1. The van der Waals surface area contributed by atoms with Crippen molar-refractivity contribution in [1.82, 2.24) is 4.98 Å². The highest BCUT2D eigenvalue weighted by Gasteiger charge is 2.71. The number of rotatable bonds is 4. The molecule has 0 saturated heterocycles. The van der Waals surface area contributed by atoms with Crippen LogP contribution < -0.4 is 5.32 Å². The predicted octanol–water partition coefficient (Wildman–Crippen LogP) is 9.30. The monoisotopic (exact) mass is 682 g/mol. The molecule has 0 bridgehead atoms. The van der Waals surface area contributed by atoms with Gasteiger partial charge in [-0.3, -0.25) is 19.4 Å². The highest BCUT2D eigenvalue weighted by atomic mass is 16.6. The number of ether oxygens (including phenoxy) is 2. The number of hydrogen-bond acceptors (Lipinski definition) is 6. The molecule has 2 aromatic rings. The second kappa shape index (κ2) is 11.9. The van der Waals surface area contributed by atoms with Gasteiger partial charge in [-0.1, -0.05) is 66.2 Å². The van der Waals surface area contributed by atoms with Crippen LogP contribution in [0.1, 0.15) is 114 Å². The molecule has 0 spiro atoms. The zero-order chi connectivity index (χ0) is 36.0. The van der Waals surface area contributed by atoms with Gasteiger partial charge in [0.25, 0.3) is 0 Å². The van der Waals surface area contributed by atoms with E-state index in [1.54, 1.807) is 6.20 Å². The van der Waals surface area contributed by atoms with Gasteiger partial charge in [-0.25, -0.2) is 0 Å². The summed E-state index contributed by atoms with van der Waals surface area (Å²) in [6.07, 6.45) is 11.0. The summed E-state index contributed by atoms with van der Waals surface area (Å²) < 4.78 is 12.0. The molecule has 1 heterocycles. The molecule has 7 nitrogen and oxygen atoms in total. The standard InChI is InChI=1S/C43H58N2O5/c1-25-17-20-43(38(48)45-32-14-10-13-31-29(32)12-11-23-44-31)22-21-41(8)30(36(43)26(25)2)15-16-35-40(7)24-33(49-27(3)46)37(50-28(4)47)39(5,6)34(40)18-19-42(35,41)9/h10-15,23,25-26,33-37H,16-22,24H2,1-9H3,(H,45,48)/t25-,26+,33+,34+,35-,36+,37+,40+,41-,42-,43+/m1/s1. The van der Waals surface area contributed by atoms with Crippen molar-refractivity contribution in [3.63, 3.8) is 0 Å². The molecule has 7 heteroatoms. The van der Waals surface area contributed by atoms with E-state index in [1.807, 2.05) is 30.3 Å². The van der Waals surface area contributed by atoms with Crippen molar-refractivity contribution >= 4 is 34.4 Å². The summed E-state index contributed by atoms with van der Waals surface area (Å²) in [4.78, 5) is 44.2. The quantitative estimate of drug-likeness (QED) is 0.255. The minimum absolute atomic E-state index is 0.00218. The Labute approximate surface area is 298 Å². The first kappa shape index (κ1) is 35.2. The van der Waals surface area contributed by atoms with Crippen LogP contribution in [-0.2, 0) is 23.9 Å². The molecule has 5 aliphatic rings. The molecule has 7 rings (SSSR count). The Bertz CT molecular complexity index is 1740. The second-order valence-electron chi connectivity index (χ2n) is 18.3. The van der Waals surface area contributed by atoms with Crippen LogP contribution in [0.5, 0.6) is 0 Å². The van der Waals surface area contributed by atoms with E-state index in [9.17, 15) is 14.4 Å². The van der Waals surface area contributed by atoms with Crippen molar-refractivity contribution in [3.8, 4) is 0 Å². The number of pyridine rings is 1. The van der Waals surface area contributed by atoms with Gasteiger partial charge < -0.3 is 14.8 Å². The first-order valence-electron chi connectivity index (χ1n) is 19.2. The zero-order valence-corrected chi connectivity index (χ0v) is 31.7. The zero-order valence-electron chi connectivity index (χ0n) is 31.7. The number of fused-ring (bicyclic) bond motifs is 8. The van der Waals surface area contributed by atoms with E-state index < -0.39 is 17.6 Å². The molecule has 1 amide bonds. The molecule has 5 aliphatic carbocycles. The van der Waals surface area contributed by atoms with Crippen molar-refractivity contribution < 1.29 is 23.9 Å². The average Bonchev–Trinajstić information content (AvgIpc) is 3.04. The van der Waals surface area contributed by atoms with Crippen LogP contribution in [0.25, 0.3) is 10.9 Å². The number of esters is 2. The van der Waals surface area contributed by atoms with Crippen molar-refractivity contribution in [2.24, 2.45) is 56.7 Å².